The van der Waals surface area contributed by atoms with Gasteiger partial charge in [0.25, 0.3) is 0 Å². The summed E-state index contributed by atoms with van der Waals surface area (Å²) in [6.45, 7) is 4.08. The summed E-state index contributed by atoms with van der Waals surface area (Å²) in [5.41, 5.74) is 1.13. The van der Waals surface area contributed by atoms with Crippen molar-refractivity contribution in [2.75, 3.05) is 11.9 Å². The van der Waals surface area contributed by atoms with E-state index < -0.39 is 0 Å². The maximum Gasteiger partial charge on any atom is 0.107 e. The van der Waals surface area contributed by atoms with E-state index in [1.807, 2.05) is 6.92 Å². The van der Waals surface area contributed by atoms with Crippen molar-refractivity contribution < 1.29 is 0 Å². The smallest absolute Gasteiger partial charge is 0.107 e. The van der Waals surface area contributed by atoms with Gasteiger partial charge in [0.15, 0.2) is 0 Å². The van der Waals surface area contributed by atoms with Crippen LogP contribution in [0, 0.1) is 6.92 Å². The summed E-state index contributed by atoms with van der Waals surface area (Å²) < 4.78 is 0. The maximum atomic E-state index is 4.41. The third kappa shape index (κ3) is 6.28. The van der Waals surface area contributed by atoms with Gasteiger partial charge in [0.05, 0.1) is 0 Å². The molecule has 1 aromatic rings. The molecule has 1 N–H and O–H groups in total. The van der Waals surface area contributed by atoms with Crippen LogP contribution in [0.2, 0.25) is 0 Å². The van der Waals surface area contributed by atoms with E-state index in [-0.39, 0.29) is 0 Å². The van der Waals surface area contributed by atoms with Gasteiger partial charge in [0.2, 0.25) is 0 Å². The molecule has 0 aliphatic heterocycles. The summed E-state index contributed by atoms with van der Waals surface area (Å²) >= 11 is 5.18. The van der Waals surface area contributed by atoms with Gasteiger partial charge in [-0.05, 0) is 26.3 Å². The topological polar surface area (TPSA) is 24.9 Å². The van der Waals surface area contributed by atoms with Crippen molar-refractivity contribution in [3.63, 3.8) is 0 Å². The molecule has 0 aliphatic carbocycles. The lowest BCUT2D eigenvalue weighted by atomic mass is 10.2. The molecule has 0 spiro atoms. The van der Waals surface area contributed by atoms with Gasteiger partial charge in [0.1, 0.15) is 5.01 Å². The first-order valence-corrected chi connectivity index (χ1v) is 7.50. The second kappa shape index (κ2) is 8.25. The Kier molecular flexibility index (Phi) is 7.22. The minimum Gasteiger partial charge on any atom is -0.310 e. The highest BCUT2D eigenvalue weighted by Crippen LogP contribution is 2.08. The number of hydrogen-bond donors (Lipinski definition) is 1. The largest absolute Gasteiger partial charge is 0.310 e. The number of nitrogens with zero attached hydrogens (tertiary/aromatic N) is 1. The monoisotopic (exact) mass is 290 g/mol. The molecular formula is C11H19BrN2S. The number of unbranched alkanes of at least 4 members (excludes halogenated alkanes) is 3. The number of alkyl halides is 1. The quantitative estimate of drug-likeness (QED) is 0.586. The average molecular weight is 291 g/mol. The highest BCUT2D eigenvalue weighted by atomic mass is 79.9. The minimum atomic E-state index is 0.928. The molecule has 0 radical (unpaired) electrons. The summed E-state index contributed by atoms with van der Waals surface area (Å²) in [6.07, 6.45) is 5.24. The zero-order chi connectivity index (χ0) is 10.9. The van der Waals surface area contributed by atoms with Crippen molar-refractivity contribution in [1.82, 2.24) is 10.3 Å². The van der Waals surface area contributed by atoms with Crippen LogP contribution in [0.15, 0.2) is 5.38 Å². The Hall–Kier alpha value is 0.0700. The summed E-state index contributed by atoms with van der Waals surface area (Å²) in [7, 11) is 0. The fraction of sp³-hybridized carbons (Fsp3) is 0.727. The molecule has 1 heterocycles. The highest BCUT2D eigenvalue weighted by Gasteiger charge is 1.97. The second-order valence-corrected chi connectivity index (χ2v) is 5.40. The number of nitrogens with one attached hydrogen (secondary N) is 1. The lowest BCUT2D eigenvalue weighted by Gasteiger charge is -2.01. The average Bonchev–Trinajstić information content (AvgIpc) is 2.63. The molecule has 15 heavy (non-hydrogen) atoms. The van der Waals surface area contributed by atoms with Gasteiger partial charge in [0, 0.05) is 22.9 Å². The van der Waals surface area contributed by atoms with Gasteiger partial charge >= 0.3 is 0 Å². The molecule has 0 saturated carbocycles. The number of aromatic nitrogens is 1. The van der Waals surface area contributed by atoms with E-state index in [0.717, 1.165) is 24.1 Å². The van der Waals surface area contributed by atoms with Crippen molar-refractivity contribution in [1.29, 1.82) is 0 Å². The van der Waals surface area contributed by atoms with Crippen molar-refractivity contribution in [3.05, 3.63) is 16.1 Å². The van der Waals surface area contributed by atoms with Crippen molar-refractivity contribution in [2.24, 2.45) is 0 Å². The number of rotatable bonds is 8. The minimum absolute atomic E-state index is 0.928. The molecule has 0 aromatic carbocycles. The van der Waals surface area contributed by atoms with Gasteiger partial charge in [-0.2, -0.15) is 0 Å². The first kappa shape index (κ1) is 13.1. The first-order chi connectivity index (χ1) is 7.33. The van der Waals surface area contributed by atoms with Crippen LogP contribution in [0.4, 0.5) is 0 Å². The van der Waals surface area contributed by atoms with E-state index in [1.54, 1.807) is 11.3 Å². The van der Waals surface area contributed by atoms with Gasteiger partial charge in [-0.1, -0.05) is 28.8 Å². The lowest BCUT2D eigenvalue weighted by molar-refractivity contribution is 0.599. The van der Waals surface area contributed by atoms with Crippen molar-refractivity contribution in [3.8, 4) is 0 Å². The second-order valence-electron chi connectivity index (χ2n) is 3.66. The number of aryl methyl sites for hydroxylation is 1. The predicted molar refractivity (Wildman–Crippen MR) is 70.8 cm³/mol. The summed E-state index contributed by atoms with van der Waals surface area (Å²) in [6, 6.07) is 0. The Balaban J connectivity index is 1.93. The normalized spacial score (nSPS) is 10.8. The third-order valence-corrected chi connectivity index (χ3v) is 3.71. The Labute approximate surface area is 105 Å². The molecule has 0 aliphatic rings. The fourth-order valence-corrected chi connectivity index (χ4v) is 2.52. The number of halogens is 1. The standard InChI is InChI=1S/C11H19BrN2S/c1-10-9-15-11(14-10)8-13-7-5-3-2-4-6-12/h9,13H,2-8H2,1H3. The van der Waals surface area contributed by atoms with Crippen LogP contribution in [-0.2, 0) is 6.54 Å². The molecule has 86 valence electrons. The Bertz CT molecular complexity index is 263. The molecule has 4 heteroatoms. The summed E-state index contributed by atoms with van der Waals surface area (Å²) in [4.78, 5) is 4.41. The van der Waals surface area contributed by atoms with E-state index >= 15 is 0 Å². The molecule has 1 rings (SSSR count). The molecule has 2 nitrogen and oxygen atoms in total. The molecule has 0 amide bonds. The fourth-order valence-electron chi connectivity index (χ4n) is 1.38. The predicted octanol–water partition coefficient (Wildman–Crippen LogP) is 3.50. The van der Waals surface area contributed by atoms with Crippen LogP contribution < -0.4 is 5.32 Å². The molecule has 0 saturated heterocycles. The SMILES string of the molecule is Cc1csc(CNCCCCCCBr)n1. The van der Waals surface area contributed by atoms with Gasteiger partial charge in [-0.15, -0.1) is 11.3 Å². The van der Waals surface area contributed by atoms with Crippen molar-refractivity contribution in [2.45, 2.75) is 39.2 Å². The molecule has 0 fully saturated rings. The first-order valence-electron chi connectivity index (χ1n) is 5.50. The van der Waals surface area contributed by atoms with Gasteiger partial charge < -0.3 is 5.32 Å². The zero-order valence-corrected chi connectivity index (χ0v) is 11.7. The molecule has 0 atom stereocenters. The lowest BCUT2D eigenvalue weighted by Crippen LogP contribution is -2.14. The Morgan fingerprint density at radius 3 is 2.80 bits per heavy atom. The van der Waals surface area contributed by atoms with Crippen LogP contribution in [0.5, 0.6) is 0 Å². The van der Waals surface area contributed by atoms with E-state index in [2.05, 4.69) is 31.6 Å². The van der Waals surface area contributed by atoms with Gasteiger partial charge in [-0.3, -0.25) is 0 Å². The molecule has 1 aromatic heterocycles. The van der Waals surface area contributed by atoms with Crippen LogP contribution in [-0.4, -0.2) is 16.9 Å². The van der Waals surface area contributed by atoms with Crippen LogP contribution >= 0.6 is 27.3 Å². The Morgan fingerprint density at radius 1 is 1.33 bits per heavy atom. The third-order valence-electron chi connectivity index (χ3n) is 2.18. The van der Waals surface area contributed by atoms with Crippen LogP contribution in [0.25, 0.3) is 0 Å². The van der Waals surface area contributed by atoms with Crippen LogP contribution in [0.1, 0.15) is 36.4 Å². The number of hydrogen-bond acceptors (Lipinski definition) is 3. The molecule has 0 unspecified atom stereocenters. The van der Waals surface area contributed by atoms with Gasteiger partial charge in [-0.25, -0.2) is 4.98 Å². The maximum absolute atomic E-state index is 4.41. The van der Waals surface area contributed by atoms with Crippen molar-refractivity contribution >= 4 is 27.3 Å². The Morgan fingerprint density at radius 2 is 2.13 bits per heavy atom. The molecular weight excluding hydrogens is 272 g/mol. The van der Waals surface area contributed by atoms with Crippen LogP contribution in [0.3, 0.4) is 0 Å². The molecule has 0 bridgehead atoms. The highest BCUT2D eigenvalue weighted by molar-refractivity contribution is 9.09. The zero-order valence-electron chi connectivity index (χ0n) is 9.26. The number of thiazole rings is 1. The summed E-state index contributed by atoms with van der Waals surface area (Å²) in [5, 5.41) is 7.87. The van der Waals surface area contributed by atoms with E-state index in [0.29, 0.717) is 0 Å². The van der Waals surface area contributed by atoms with E-state index in [9.17, 15) is 0 Å². The van der Waals surface area contributed by atoms with E-state index in [4.69, 9.17) is 0 Å². The summed E-state index contributed by atoms with van der Waals surface area (Å²) in [5.74, 6) is 0. The van der Waals surface area contributed by atoms with E-state index in [1.165, 1.54) is 30.7 Å².